The van der Waals surface area contributed by atoms with E-state index in [1.165, 1.54) is 0 Å². The van der Waals surface area contributed by atoms with E-state index in [1.54, 1.807) is 0 Å². The summed E-state index contributed by atoms with van der Waals surface area (Å²) in [4.78, 5) is 23.5. The number of alkyl halides is 2. The maximum atomic E-state index is 11.9. The summed E-state index contributed by atoms with van der Waals surface area (Å²) < 4.78 is 24.5. The third-order valence-electron chi connectivity index (χ3n) is 1.30. The van der Waals surface area contributed by atoms with Crippen LogP contribution in [0.2, 0.25) is 0 Å². The molecular formula is C6H5BrF2N2O2. The molecule has 7 heteroatoms. The molecule has 13 heavy (non-hydrogen) atoms. The zero-order valence-corrected chi connectivity index (χ0v) is 7.85. The quantitative estimate of drug-likeness (QED) is 0.839. The van der Waals surface area contributed by atoms with Gasteiger partial charge in [-0.25, -0.2) is 13.6 Å². The highest BCUT2D eigenvalue weighted by molar-refractivity contribution is 9.10. The lowest BCUT2D eigenvalue weighted by Gasteiger charge is -2.03. The highest BCUT2D eigenvalue weighted by atomic mass is 79.9. The molecule has 0 aromatic carbocycles. The second-order valence-corrected chi connectivity index (χ2v) is 3.13. The van der Waals surface area contributed by atoms with Crippen molar-refractivity contribution in [1.29, 1.82) is 0 Å². The highest BCUT2D eigenvalue weighted by Crippen LogP contribution is 2.00. The Hall–Kier alpha value is -0.980. The van der Waals surface area contributed by atoms with E-state index in [9.17, 15) is 18.4 Å². The molecule has 4 nitrogen and oxygen atoms in total. The molecule has 1 aromatic rings. The first-order valence-corrected chi connectivity index (χ1v) is 4.07. The molecule has 0 unspecified atom stereocenters. The second kappa shape index (κ2) is 3.82. The van der Waals surface area contributed by atoms with E-state index in [0.29, 0.717) is 0 Å². The second-order valence-electron chi connectivity index (χ2n) is 2.28. The Morgan fingerprint density at radius 3 is 2.69 bits per heavy atom. The Morgan fingerprint density at radius 2 is 2.15 bits per heavy atom. The molecule has 0 saturated heterocycles. The van der Waals surface area contributed by atoms with Crippen LogP contribution in [0, 0.1) is 0 Å². The van der Waals surface area contributed by atoms with E-state index in [0.717, 1.165) is 10.8 Å². The van der Waals surface area contributed by atoms with Crippen LogP contribution in [0.4, 0.5) is 8.78 Å². The number of halogens is 3. The van der Waals surface area contributed by atoms with Crippen molar-refractivity contribution >= 4 is 15.9 Å². The van der Waals surface area contributed by atoms with Gasteiger partial charge in [0.1, 0.15) is 0 Å². The standard InChI is InChI=1S/C6H5BrF2N2O2/c7-3-1-11(2-4(8)9)6(13)10-5(3)12/h1,4H,2H2,(H,10,12,13). The number of nitrogens with one attached hydrogen (secondary N) is 1. The molecule has 0 aliphatic heterocycles. The van der Waals surface area contributed by atoms with Crippen LogP contribution in [0.5, 0.6) is 0 Å². The molecular weight excluding hydrogens is 250 g/mol. The van der Waals surface area contributed by atoms with Gasteiger partial charge in [0.05, 0.1) is 11.0 Å². The number of H-pyrrole nitrogens is 1. The van der Waals surface area contributed by atoms with E-state index < -0.39 is 24.2 Å². The molecule has 0 spiro atoms. The van der Waals surface area contributed by atoms with Crippen molar-refractivity contribution in [2.24, 2.45) is 0 Å². The molecule has 0 bridgehead atoms. The predicted molar refractivity (Wildman–Crippen MR) is 45.0 cm³/mol. The fourth-order valence-electron chi connectivity index (χ4n) is 0.767. The van der Waals surface area contributed by atoms with Crippen molar-refractivity contribution in [2.75, 3.05) is 0 Å². The van der Waals surface area contributed by atoms with Crippen LogP contribution in [-0.4, -0.2) is 16.0 Å². The summed E-state index contributed by atoms with van der Waals surface area (Å²) in [5.74, 6) is 0. The lowest BCUT2D eigenvalue weighted by atomic mass is 10.6. The maximum absolute atomic E-state index is 11.9. The summed E-state index contributed by atoms with van der Waals surface area (Å²) in [5.41, 5.74) is -1.47. The van der Waals surface area contributed by atoms with E-state index in [-0.39, 0.29) is 4.47 Å². The Bertz CT molecular complexity index is 412. The van der Waals surface area contributed by atoms with E-state index in [1.807, 2.05) is 4.98 Å². The minimum atomic E-state index is -2.63. The number of rotatable bonds is 2. The summed E-state index contributed by atoms with van der Waals surface area (Å²) in [5, 5.41) is 0. The average Bonchev–Trinajstić information content (AvgIpc) is 1.99. The van der Waals surface area contributed by atoms with Gasteiger partial charge in [0.15, 0.2) is 0 Å². The number of aromatic nitrogens is 2. The molecule has 1 heterocycles. The minimum absolute atomic E-state index is 0.0488. The van der Waals surface area contributed by atoms with E-state index in [2.05, 4.69) is 15.9 Å². The maximum Gasteiger partial charge on any atom is 0.328 e. The SMILES string of the molecule is O=c1[nH]c(=O)n(CC(F)F)cc1Br. The molecule has 1 rings (SSSR count). The largest absolute Gasteiger partial charge is 0.328 e. The normalized spacial score (nSPS) is 10.8. The third kappa shape index (κ3) is 2.48. The van der Waals surface area contributed by atoms with Gasteiger partial charge in [0.2, 0.25) is 0 Å². The minimum Gasteiger partial charge on any atom is -0.294 e. The zero-order valence-electron chi connectivity index (χ0n) is 6.26. The van der Waals surface area contributed by atoms with Gasteiger partial charge in [-0.3, -0.25) is 14.3 Å². The van der Waals surface area contributed by atoms with Crippen molar-refractivity contribution in [3.63, 3.8) is 0 Å². The van der Waals surface area contributed by atoms with Crippen molar-refractivity contribution in [2.45, 2.75) is 13.0 Å². The number of aromatic amines is 1. The average molecular weight is 255 g/mol. The first-order chi connectivity index (χ1) is 6.00. The highest BCUT2D eigenvalue weighted by Gasteiger charge is 2.07. The fourth-order valence-corrected chi connectivity index (χ4v) is 1.11. The number of hydrogen-bond donors (Lipinski definition) is 1. The van der Waals surface area contributed by atoms with Gasteiger partial charge in [-0.1, -0.05) is 0 Å². The smallest absolute Gasteiger partial charge is 0.294 e. The van der Waals surface area contributed by atoms with Crippen LogP contribution >= 0.6 is 15.9 Å². The molecule has 0 aliphatic rings. The van der Waals surface area contributed by atoms with Gasteiger partial charge in [0, 0.05) is 6.20 Å². The summed E-state index contributed by atoms with van der Waals surface area (Å²) in [6, 6.07) is 0. The molecule has 1 aromatic heterocycles. The number of nitrogens with zero attached hydrogens (tertiary/aromatic N) is 1. The molecule has 0 amide bonds. The summed E-state index contributed by atoms with van der Waals surface area (Å²) in [6.45, 7) is -0.728. The van der Waals surface area contributed by atoms with Crippen molar-refractivity contribution in [3.8, 4) is 0 Å². The monoisotopic (exact) mass is 254 g/mol. The Kier molecular flexibility index (Phi) is 2.97. The molecule has 0 aliphatic carbocycles. The van der Waals surface area contributed by atoms with Crippen LogP contribution in [-0.2, 0) is 6.54 Å². The van der Waals surface area contributed by atoms with Gasteiger partial charge < -0.3 is 0 Å². The van der Waals surface area contributed by atoms with Crippen LogP contribution < -0.4 is 11.2 Å². The lowest BCUT2D eigenvalue weighted by molar-refractivity contribution is 0.124. The van der Waals surface area contributed by atoms with Crippen LogP contribution in [0.3, 0.4) is 0 Å². The molecule has 0 fully saturated rings. The predicted octanol–water partition coefficient (Wildman–Crippen LogP) is 0.564. The van der Waals surface area contributed by atoms with E-state index >= 15 is 0 Å². The molecule has 0 radical (unpaired) electrons. The lowest BCUT2D eigenvalue weighted by Crippen LogP contribution is -2.31. The fraction of sp³-hybridized carbons (Fsp3) is 0.333. The molecule has 72 valence electrons. The van der Waals surface area contributed by atoms with Crippen LogP contribution in [0.15, 0.2) is 20.3 Å². The van der Waals surface area contributed by atoms with Crippen molar-refractivity contribution in [1.82, 2.24) is 9.55 Å². The van der Waals surface area contributed by atoms with Gasteiger partial charge in [-0.15, -0.1) is 0 Å². The first kappa shape index (κ1) is 10.1. The van der Waals surface area contributed by atoms with Crippen LogP contribution in [0.25, 0.3) is 0 Å². The summed E-state index contributed by atoms with van der Waals surface area (Å²) in [7, 11) is 0. The summed E-state index contributed by atoms with van der Waals surface area (Å²) in [6.07, 6.45) is -1.59. The van der Waals surface area contributed by atoms with Crippen LogP contribution in [0.1, 0.15) is 0 Å². The van der Waals surface area contributed by atoms with Gasteiger partial charge in [0.25, 0.3) is 12.0 Å². The topological polar surface area (TPSA) is 54.9 Å². The van der Waals surface area contributed by atoms with Gasteiger partial charge in [-0.2, -0.15) is 0 Å². The van der Waals surface area contributed by atoms with E-state index in [4.69, 9.17) is 0 Å². The first-order valence-electron chi connectivity index (χ1n) is 3.28. The van der Waals surface area contributed by atoms with Crippen molar-refractivity contribution in [3.05, 3.63) is 31.5 Å². The Morgan fingerprint density at radius 1 is 1.54 bits per heavy atom. The zero-order chi connectivity index (χ0) is 10.0. The molecule has 1 N–H and O–H groups in total. The molecule has 0 saturated carbocycles. The van der Waals surface area contributed by atoms with Gasteiger partial charge in [-0.05, 0) is 15.9 Å². The Labute approximate surface area is 79.3 Å². The van der Waals surface area contributed by atoms with Crippen molar-refractivity contribution < 1.29 is 8.78 Å². The third-order valence-corrected chi connectivity index (χ3v) is 1.87. The van der Waals surface area contributed by atoms with Gasteiger partial charge >= 0.3 is 5.69 Å². The molecule has 0 atom stereocenters. The number of hydrogen-bond acceptors (Lipinski definition) is 2. The summed E-state index contributed by atoms with van der Waals surface area (Å²) >= 11 is 2.82. The Balaban J connectivity index is 3.17.